The smallest absolute Gasteiger partial charge is 0.295 e. The van der Waals surface area contributed by atoms with Crippen LogP contribution in [0.25, 0.3) is 5.76 Å². The lowest BCUT2D eigenvalue weighted by atomic mass is 9.95. The molecule has 0 spiro atoms. The van der Waals surface area contributed by atoms with E-state index in [4.69, 9.17) is 14.2 Å². The van der Waals surface area contributed by atoms with E-state index in [-0.39, 0.29) is 11.3 Å². The molecule has 188 valence electrons. The molecule has 35 heavy (non-hydrogen) atoms. The minimum atomic E-state index is -0.777. The van der Waals surface area contributed by atoms with Crippen molar-refractivity contribution in [2.24, 2.45) is 0 Å². The molecule has 3 rings (SSSR count). The van der Waals surface area contributed by atoms with Crippen molar-refractivity contribution >= 4 is 17.4 Å². The maximum Gasteiger partial charge on any atom is 0.295 e. The number of carbonyl (C=O) groups excluding carboxylic acids is 2. The first-order valence-corrected chi connectivity index (χ1v) is 11.9. The highest BCUT2D eigenvalue weighted by Gasteiger charge is 2.46. The van der Waals surface area contributed by atoms with Gasteiger partial charge in [0.2, 0.25) is 0 Å². The molecule has 1 fully saturated rings. The zero-order valence-electron chi connectivity index (χ0n) is 21.0. The molecule has 0 saturated carbocycles. The van der Waals surface area contributed by atoms with Crippen LogP contribution in [0.2, 0.25) is 0 Å². The Bertz CT molecular complexity index is 1090. The number of aliphatic hydroxyl groups is 1. The van der Waals surface area contributed by atoms with Crippen LogP contribution in [0.4, 0.5) is 0 Å². The lowest BCUT2D eigenvalue weighted by Gasteiger charge is -2.28. The van der Waals surface area contributed by atoms with Crippen molar-refractivity contribution in [2.45, 2.75) is 26.8 Å². The zero-order chi connectivity index (χ0) is 25.5. The average molecular weight is 483 g/mol. The van der Waals surface area contributed by atoms with Gasteiger partial charge in [0, 0.05) is 18.7 Å². The van der Waals surface area contributed by atoms with E-state index >= 15 is 0 Å². The summed E-state index contributed by atoms with van der Waals surface area (Å²) in [7, 11) is 3.07. The van der Waals surface area contributed by atoms with Gasteiger partial charge < -0.3 is 29.1 Å². The molecule has 2 aromatic carbocycles. The van der Waals surface area contributed by atoms with Crippen LogP contribution in [0, 0.1) is 0 Å². The number of likely N-dealkylation sites (tertiary alicyclic amines) is 1. The van der Waals surface area contributed by atoms with Gasteiger partial charge in [-0.1, -0.05) is 32.0 Å². The average Bonchev–Trinajstić information content (AvgIpc) is 3.13. The number of amides is 1. The number of rotatable bonds is 11. The van der Waals surface area contributed by atoms with Crippen LogP contribution in [-0.2, 0) is 9.59 Å². The third-order valence-electron chi connectivity index (χ3n) is 6.23. The summed E-state index contributed by atoms with van der Waals surface area (Å²) in [6.07, 6.45) is 0. The number of likely N-dealkylation sites (N-methyl/N-ethyl adjacent to an activating group) is 1. The first-order chi connectivity index (χ1) is 16.9. The Labute approximate surface area is 206 Å². The first-order valence-electron chi connectivity index (χ1n) is 11.9. The number of nitrogens with zero attached hydrogens (tertiary/aromatic N) is 2. The van der Waals surface area contributed by atoms with E-state index in [0.717, 1.165) is 13.1 Å². The van der Waals surface area contributed by atoms with Gasteiger partial charge >= 0.3 is 0 Å². The lowest BCUT2D eigenvalue weighted by molar-refractivity contribution is -0.140. The third-order valence-corrected chi connectivity index (χ3v) is 6.23. The molecule has 8 nitrogen and oxygen atoms in total. The molecule has 1 N–H and O–H groups in total. The van der Waals surface area contributed by atoms with Crippen LogP contribution in [0.3, 0.4) is 0 Å². The van der Waals surface area contributed by atoms with Crippen molar-refractivity contribution in [3.8, 4) is 17.2 Å². The second kappa shape index (κ2) is 11.8. The van der Waals surface area contributed by atoms with Crippen LogP contribution in [-0.4, -0.2) is 73.6 Å². The highest BCUT2D eigenvalue weighted by Crippen LogP contribution is 2.42. The van der Waals surface area contributed by atoms with Crippen molar-refractivity contribution in [3.63, 3.8) is 0 Å². The summed E-state index contributed by atoms with van der Waals surface area (Å²) in [6.45, 7) is 9.02. The summed E-state index contributed by atoms with van der Waals surface area (Å²) in [5.41, 5.74) is 1.09. The molecule has 1 atom stereocenters. The van der Waals surface area contributed by atoms with Crippen molar-refractivity contribution < 1.29 is 28.9 Å². The molecule has 0 aliphatic carbocycles. The largest absolute Gasteiger partial charge is 0.507 e. The topological polar surface area (TPSA) is 88.5 Å². The van der Waals surface area contributed by atoms with Crippen LogP contribution < -0.4 is 14.2 Å². The molecule has 1 heterocycles. The highest BCUT2D eigenvalue weighted by molar-refractivity contribution is 6.46. The molecule has 1 aliphatic heterocycles. The maximum atomic E-state index is 13.3. The number of hydrogen-bond acceptors (Lipinski definition) is 7. The summed E-state index contributed by atoms with van der Waals surface area (Å²) in [4.78, 5) is 30.2. The van der Waals surface area contributed by atoms with Crippen molar-refractivity contribution in [1.29, 1.82) is 0 Å². The van der Waals surface area contributed by atoms with E-state index < -0.39 is 17.7 Å². The SMILES string of the molecule is CCOc1cccc(/C(O)=C2\C(=O)C(=O)N(CCN(CC)CC)C2c2ccc(OC)c(OC)c2)c1. The molecule has 1 unspecified atom stereocenters. The standard InChI is InChI=1S/C27H34N2O6/c1-6-28(7-2)14-15-29-24(18-12-13-21(33-4)22(17-18)34-5)23(26(31)27(29)32)25(30)19-10-9-11-20(16-19)35-8-3/h9-13,16-17,24,30H,6-8,14-15H2,1-5H3/b25-23+. The van der Waals surface area contributed by atoms with Crippen LogP contribution in [0.5, 0.6) is 17.2 Å². The summed E-state index contributed by atoms with van der Waals surface area (Å²) < 4.78 is 16.4. The second-order valence-electron chi connectivity index (χ2n) is 8.09. The minimum Gasteiger partial charge on any atom is -0.507 e. The Morgan fingerprint density at radius 1 is 1.00 bits per heavy atom. The van der Waals surface area contributed by atoms with Gasteiger partial charge in [-0.3, -0.25) is 9.59 Å². The van der Waals surface area contributed by atoms with E-state index in [0.29, 0.717) is 48.1 Å². The van der Waals surface area contributed by atoms with Crippen molar-refractivity contribution in [2.75, 3.05) is 47.0 Å². The van der Waals surface area contributed by atoms with Crippen molar-refractivity contribution in [1.82, 2.24) is 9.80 Å². The number of benzene rings is 2. The Kier molecular flexibility index (Phi) is 8.76. The van der Waals surface area contributed by atoms with Gasteiger partial charge in [-0.15, -0.1) is 0 Å². The predicted molar refractivity (Wildman–Crippen MR) is 134 cm³/mol. The highest BCUT2D eigenvalue weighted by atomic mass is 16.5. The molecule has 1 aliphatic rings. The number of methoxy groups -OCH3 is 2. The molecule has 2 aromatic rings. The van der Waals surface area contributed by atoms with Crippen molar-refractivity contribution in [3.05, 3.63) is 59.2 Å². The molecule has 0 radical (unpaired) electrons. The quantitative estimate of drug-likeness (QED) is 0.296. The number of aliphatic hydroxyl groups excluding tert-OH is 1. The van der Waals surface area contributed by atoms with Gasteiger partial charge in [-0.05, 0) is 49.8 Å². The van der Waals surface area contributed by atoms with Crippen LogP contribution in [0.1, 0.15) is 37.9 Å². The van der Waals surface area contributed by atoms with Gasteiger partial charge in [0.1, 0.15) is 11.5 Å². The minimum absolute atomic E-state index is 0.0374. The number of carbonyl (C=O) groups is 2. The van der Waals surface area contributed by atoms with Crippen LogP contribution in [0.15, 0.2) is 48.0 Å². The van der Waals surface area contributed by atoms with E-state index in [1.165, 1.54) is 12.0 Å². The zero-order valence-corrected chi connectivity index (χ0v) is 21.0. The lowest BCUT2D eigenvalue weighted by Crippen LogP contribution is -2.38. The summed E-state index contributed by atoms with van der Waals surface area (Å²) in [6, 6.07) is 11.3. The van der Waals surface area contributed by atoms with Gasteiger partial charge in [-0.25, -0.2) is 0 Å². The van der Waals surface area contributed by atoms with Crippen LogP contribution >= 0.6 is 0 Å². The number of ketones is 1. The van der Waals surface area contributed by atoms with Gasteiger partial charge in [0.15, 0.2) is 11.5 Å². The Morgan fingerprint density at radius 2 is 1.71 bits per heavy atom. The Morgan fingerprint density at radius 3 is 2.34 bits per heavy atom. The number of ether oxygens (including phenoxy) is 3. The first kappa shape index (κ1) is 26.1. The molecule has 0 aromatic heterocycles. The van der Waals surface area contributed by atoms with E-state index in [9.17, 15) is 14.7 Å². The Hall–Kier alpha value is -3.52. The molecule has 8 heteroatoms. The molecule has 1 saturated heterocycles. The Balaban J connectivity index is 2.15. The molecular weight excluding hydrogens is 448 g/mol. The molecule has 0 bridgehead atoms. The van der Waals surface area contributed by atoms with E-state index in [1.54, 1.807) is 49.6 Å². The predicted octanol–water partition coefficient (Wildman–Crippen LogP) is 3.87. The normalized spacial score (nSPS) is 17.2. The molecule has 1 amide bonds. The fourth-order valence-electron chi connectivity index (χ4n) is 4.32. The fourth-order valence-corrected chi connectivity index (χ4v) is 4.32. The van der Waals surface area contributed by atoms with E-state index in [1.807, 2.05) is 6.92 Å². The van der Waals surface area contributed by atoms with Gasteiger partial charge in [-0.2, -0.15) is 0 Å². The third kappa shape index (κ3) is 5.43. The number of hydrogen-bond donors (Lipinski definition) is 1. The summed E-state index contributed by atoms with van der Waals surface area (Å²) >= 11 is 0. The fraction of sp³-hybridized carbons (Fsp3) is 0.407. The van der Waals surface area contributed by atoms with E-state index in [2.05, 4.69) is 18.7 Å². The summed E-state index contributed by atoms with van der Waals surface area (Å²) in [5, 5.41) is 11.3. The monoisotopic (exact) mass is 482 g/mol. The summed E-state index contributed by atoms with van der Waals surface area (Å²) in [5.74, 6) is -0.0356. The van der Waals surface area contributed by atoms with Gasteiger partial charge in [0.25, 0.3) is 11.7 Å². The van der Waals surface area contributed by atoms with Gasteiger partial charge in [0.05, 0.1) is 32.4 Å². The second-order valence-corrected chi connectivity index (χ2v) is 8.09. The molecular formula is C27H34N2O6. The maximum absolute atomic E-state index is 13.3. The number of Topliss-reactive ketones (excluding diaryl/α,β-unsaturated/α-hetero) is 1.